The zero-order valence-corrected chi connectivity index (χ0v) is 20.6. The van der Waals surface area contributed by atoms with Gasteiger partial charge in [0.1, 0.15) is 17.2 Å². The zero-order valence-electron chi connectivity index (χ0n) is 18.2. The molecule has 168 valence electrons. The minimum Gasteiger partial charge on any atom is -0.404 e. The monoisotopic (exact) mass is 513 g/mol. The molecule has 0 radical (unpaired) electrons. The maximum Gasteiger partial charge on any atom is 0.413 e. The predicted octanol–water partition coefficient (Wildman–Crippen LogP) is 4.34. The molecule has 1 aliphatic rings. The number of nitrogens with zero attached hydrogens (tertiary/aromatic N) is 2. The summed E-state index contributed by atoms with van der Waals surface area (Å²) in [5.74, 6) is 0.472. The molecule has 0 fully saturated rings. The zero-order chi connectivity index (χ0) is 22.9. The summed E-state index contributed by atoms with van der Waals surface area (Å²) >= 11 is 9.77. The fourth-order valence-corrected chi connectivity index (χ4v) is 4.15. The quantitative estimate of drug-likeness (QED) is 0.459. The van der Waals surface area contributed by atoms with E-state index in [9.17, 15) is 9.59 Å². The van der Waals surface area contributed by atoms with E-state index in [0.29, 0.717) is 28.3 Å². The number of halogens is 2. The van der Waals surface area contributed by atoms with Crippen LogP contribution in [-0.2, 0) is 20.0 Å². The van der Waals surface area contributed by atoms with Crippen LogP contribution in [0.3, 0.4) is 0 Å². The first-order chi connectivity index (χ1) is 14.6. The number of aryl methyl sites for hydroxylation is 1. The summed E-state index contributed by atoms with van der Waals surface area (Å²) in [6, 6.07) is 1.65. The van der Waals surface area contributed by atoms with Gasteiger partial charge in [-0.25, -0.2) is 9.59 Å². The smallest absolute Gasteiger partial charge is 0.404 e. The predicted molar refractivity (Wildman–Crippen MR) is 121 cm³/mol. The van der Waals surface area contributed by atoms with Crippen LogP contribution in [0.1, 0.15) is 39.8 Å². The van der Waals surface area contributed by atoms with Crippen LogP contribution in [-0.4, -0.2) is 28.8 Å². The molecule has 0 atom stereocenters. The third-order valence-electron chi connectivity index (χ3n) is 4.67. The molecule has 3 rings (SSSR count). The molecule has 3 heterocycles. The van der Waals surface area contributed by atoms with Crippen LogP contribution in [0.2, 0.25) is 5.15 Å². The first-order valence-corrected chi connectivity index (χ1v) is 11.3. The van der Waals surface area contributed by atoms with E-state index in [1.165, 1.54) is 0 Å². The molecule has 0 unspecified atom stereocenters. The molecular formula is C21H27BrClN4O4+. The van der Waals surface area contributed by atoms with Crippen molar-refractivity contribution in [2.24, 2.45) is 7.05 Å². The van der Waals surface area contributed by atoms with Crippen LogP contribution >= 0.6 is 27.5 Å². The normalized spacial score (nSPS) is 12.8. The second-order valence-corrected chi connectivity index (χ2v) is 9.28. The van der Waals surface area contributed by atoms with Gasteiger partial charge >= 0.3 is 12.2 Å². The van der Waals surface area contributed by atoms with Crippen molar-refractivity contribution in [3.63, 3.8) is 0 Å². The van der Waals surface area contributed by atoms with E-state index in [4.69, 9.17) is 21.1 Å². The highest BCUT2D eigenvalue weighted by atomic mass is 79.9. The molecule has 0 spiro atoms. The molecule has 10 heteroatoms. The molecular weight excluding hydrogens is 488 g/mol. The summed E-state index contributed by atoms with van der Waals surface area (Å²) in [7, 11) is 1.82. The number of carbonyl (C=O) groups excluding carboxylic acids is 2. The summed E-state index contributed by atoms with van der Waals surface area (Å²) in [4.78, 5) is 24.9. The van der Waals surface area contributed by atoms with Crippen molar-refractivity contribution in [2.45, 2.75) is 59.2 Å². The van der Waals surface area contributed by atoms with Crippen LogP contribution in [0.5, 0.6) is 11.5 Å². The van der Waals surface area contributed by atoms with E-state index in [2.05, 4.69) is 26.6 Å². The molecule has 0 bridgehead atoms. The molecule has 2 aromatic heterocycles. The van der Waals surface area contributed by atoms with Gasteiger partial charge in [-0.1, -0.05) is 0 Å². The highest BCUT2D eigenvalue weighted by Crippen LogP contribution is 2.47. The van der Waals surface area contributed by atoms with Gasteiger partial charge in [0.2, 0.25) is 5.75 Å². The molecule has 2 amide bonds. The Morgan fingerprint density at radius 2 is 1.71 bits per heavy atom. The Morgan fingerprint density at radius 1 is 1.13 bits per heavy atom. The van der Waals surface area contributed by atoms with Gasteiger partial charge in [-0.05, 0) is 74.1 Å². The van der Waals surface area contributed by atoms with Crippen molar-refractivity contribution in [3.05, 3.63) is 27.6 Å². The number of aromatic nitrogens is 2. The van der Waals surface area contributed by atoms with E-state index in [0.717, 1.165) is 17.7 Å². The molecule has 2 aromatic rings. The number of nitrogens with one attached hydrogen (secondary N) is 2. The molecule has 1 aliphatic heterocycles. The molecule has 31 heavy (non-hydrogen) atoms. The number of pyridine rings is 1. The average molecular weight is 515 g/mol. The Labute approximate surface area is 195 Å². The van der Waals surface area contributed by atoms with Gasteiger partial charge in [0.25, 0.3) is 5.15 Å². The fraction of sp³-hybridized carbons (Fsp3) is 0.476. The van der Waals surface area contributed by atoms with Gasteiger partial charge in [-0.15, -0.1) is 0 Å². The lowest BCUT2D eigenvalue weighted by Crippen LogP contribution is -2.34. The molecule has 0 saturated carbocycles. The Bertz CT molecular complexity index is 996. The minimum absolute atomic E-state index is 0.0949. The van der Waals surface area contributed by atoms with E-state index >= 15 is 0 Å². The molecule has 0 aliphatic carbocycles. The Hall–Kier alpha value is -2.26. The number of carbonyl (C=O) groups is 2. The number of hydrogen-bond donors (Lipinski definition) is 2. The summed E-state index contributed by atoms with van der Waals surface area (Å²) in [6.07, 6.45) is 2.22. The summed E-state index contributed by atoms with van der Waals surface area (Å²) in [5, 5.41) is 5.96. The number of ether oxygens (including phenoxy) is 2. The highest BCUT2D eigenvalue weighted by Gasteiger charge is 2.33. The Balaban J connectivity index is 2.16. The lowest BCUT2D eigenvalue weighted by molar-refractivity contribution is -0.669. The fourth-order valence-electron chi connectivity index (χ4n) is 3.52. The summed E-state index contributed by atoms with van der Waals surface area (Å²) in [6.45, 7) is 8.08. The van der Waals surface area contributed by atoms with Crippen molar-refractivity contribution in [3.8, 4) is 22.8 Å². The van der Waals surface area contributed by atoms with Crippen LogP contribution in [0.15, 0.2) is 16.7 Å². The lowest BCUT2D eigenvalue weighted by atomic mass is 10.1. The van der Waals surface area contributed by atoms with E-state index in [1.807, 2.05) is 51.6 Å². The van der Waals surface area contributed by atoms with Crippen molar-refractivity contribution < 1.29 is 23.6 Å². The second kappa shape index (κ2) is 9.48. The van der Waals surface area contributed by atoms with Crippen molar-refractivity contribution in [1.29, 1.82) is 0 Å². The van der Waals surface area contributed by atoms with Crippen LogP contribution in [0, 0.1) is 0 Å². The minimum atomic E-state index is -0.618. The van der Waals surface area contributed by atoms with Crippen LogP contribution in [0.4, 0.5) is 9.59 Å². The van der Waals surface area contributed by atoms with Gasteiger partial charge in [0.05, 0.1) is 11.3 Å². The van der Waals surface area contributed by atoms with E-state index < -0.39 is 12.2 Å². The standard InChI is InChI=1S/C21H26BrClN4O4/c1-11(2)24-20(28)30-17-15-7-6-8-27(15)16(18(17)31-21(29)25-12(3)4)13-9-14(22)19(23)26(5)10-13/h9-12H,6-8H2,1-5H3,(H-,24,25,28,29)/p+1. The van der Waals surface area contributed by atoms with Crippen molar-refractivity contribution in [1.82, 2.24) is 15.2 Å². The third-order valence-corrected chi connectivity index (χ3v) is 5.98. The first-order valence-electron chi connectivity index (χ1n) is 10.2. The maximum atomic E-state index is 12.5. The van der Waals surface area contributed by atoms with E-state index in [1.54, 1.807) is 4.57 Å². The molecule has 8 nitrogen and oxygen atoms in total. The highest BCUT2D eigenvalue weighted by molar-refractivity contribution is 9.10. The van der Waals surface area contributed by atoms with Crippen LogP contribution in [0.25, 0.3) is 11.3 Å². The van der Waals surface area contributed by atoms with Crippen molar-refractivity contribution >= 4 is 39.7 Å². The largest absolute Gasteiger partial charge is 0.413 e. The SMILES string of the molecule is CC(C)NC(=O)Oc1c(OC(=O)NC(C)C)c(-c2cc(Br)c(Cl)[n+](C)c2)n2c1CCC2. The van der Waals surface area contributed by atoms with E-state index in [-0.39, 0.29) is 23.6 Å². The molecule has 2 N–H and O–H groups in total. The van der Waals surface area contributed by atoms with Gasteiger partial charge < -0.3 is 24.7 Å². The van der Waals surface area contributed by atoms with Crippen molar-refractivity contribution in [2.75, 3.05) is 0 Å². The van der Waals surface area contributed by atoms with Gasteiger partial charge in [0.15, 0.2) is 11.9 Å². The Morgan fingerprint density at radius 3 is 2.26 bits per heavy atom. The van der Waals surface area contributed by atoms with Gasteiger partial charge in [-0.3, -0.25) is 0 Å². The summed E-state index contributed by atoms with van der Waals surface area (Å²) in [5.41, 5.74) is 2.25. The number of hydrogen-bond acceptors (Lipinski definition) is 4. The maximum absolute atomic E-state index is 12.5. The second-order valence-electron chi connectivity index (χ2n) is 8.06. The molecule has 0 saturated heterocycles. The average Bonchev–Trinajstić information content (AvgIpc) is 3.20. The third kappa shape index (κ3) is 5.15. The number of rotatable bonds is 5. The summed E-state index contributed by atoms with van der Waals surface area (Å²) < 4.78 is 15.9. The molecule has 0 aromatic carbocycles. The van der Waals surface area contributed by atoms with Crippen LogP contribution < -0.4 is 24.7 Å². The number of amides is 2. The Kier molecular flexibility index (Phi) is 7.16. The number of fused-ring (bicyclic) bond motifs is 1. The lowest BCUT2D eigenvalue weighted by Gasteiger charge is -2.14. The van der Waals surface area contributed by atoms with Gasteiger partial charge in [0, 0.05) is 18.6 Å². The van der Waals surface area contributed by atoms with Gasteiger partial charge in [-0.2, -0.15) is 4.57 Å². The topological polar surface area (TPSA) is 85.5 Å². The first kappa shape index (κ1) is 23.4.